The molecule has 0 bridgehead atoms. The molecule has 1 unspecified atom stereocenters. The number of aromatic nitrogens is 1. The van der Waals surface area contributed by atoms with Gasteiger partial charge in [0, 0.05) is 16.4 Å². The molecule has 1 atom stereocenters. The number of halogens is 1. The van der Waals surface area contributed by atoms with Gasteiger partial charge in [-0.05, 0) is 61.3 Å². The van der Waals surface area contributed by atoms with Crippen LogP contribution in [0.15, 0.2) is 27.8 Å². The summed E-state index contributed by atoms with van der Waals surface area (Å²) in [6.07, 6.45) is 3.44. The number of carbonyl (C=O) groups is 1. The second-order valence-corrected chi connectivity index (χ2v) is 6.81. The van der Waals surface area contributed by atoms with Crippen LogP contribution in [0.25, 0.3) is 0 Å². The minimum atomic E-state index is -0.639. The zero-order valence-corrected chi connectivity index (χ0v) is 15.2. The molecular formula is C15H23BrN2O2S. The summed E-state index contributed by atoms with van der Waals surface area (Å²) in [5, 5.41) is 4.25. The summed E-state index contributed by atoms with van der Waals surface area (Å²) in [4.78, 5) is 16.5. The van der Waals surface area contributed by atoms with E-state index in [0.29, 0.717) is 13.0 Å². The van der Waals surface area contributed by atoms with Gasteiger partial charge in [0.2, 0.25) is 0 Å². The highest BCUT2D eigenvalue weighted by Gasteiger charge is 2.33. The Morgan fingerprint density at radius 1 is 1.52 bits per heavy atom. The van der Waals surface area contributed by atoms with Crippen LogP contribution >= 0.6 is 27.7 Å². The van der Waals surface area contributed by atoms with Gasteiger partial charge in [0.25, 0.3) is 0 Å². The van der Waals surface area contributed by atoms with Crippen molar-refractivity contribution in [2.75, 3.05) is 18.9 Å². The lowest BCUT2D eigenvalue weighted by molar-refractivity contribution is -0.150. The second kappa shape index (κ2) is 9.43. The summed E-state index contributed by atoms with van der Waals surface area (Å²) in [6, 6.07) is 3.86. The van der Waals surface area contributed by atoms with Crippen molar-refractivity contribution in [2.45, 2.75) is 44.2 Å². The molecule has 0 aliphatic heterocycles. The third-order valence-electron chi connectivity index (χ3n) is 3.06. The fraction of sp³-hybridized carbons (Fsp3) is 0.600. The molecule has 0 spiro atoms. The van der Waals surface area contributed by atoms with Crippen LogP contribution in [0.3, 0.4) is 0 Å². The maximum absolute atomic E-state index is 12.2. The number of esters is 1. The normalized spacial score (nSPS) is 13.7. The van der Waals surface area contributed by atoms with Gasteiger partial charge in [-0.1, -0.05) is 6.92 Å². The average molecular weight is 375 g/mol. The summed E-state index contributed by atoms with van der Waals surface area (Å²) in [5.41, 5.74) is -0.639. The molecule has 0 aliphatic carbocycles. The molecule has 1 N–H and O–H groups in total. The first-order valence-corrected chi connectivity index (χ1v) is 8.97. The Labute approximate surface area is 139 Å². The van der Waals surface area contributed by atoms with Crippen LogP contribution in [0.1, 0.15) is 33.6 Å². The molecular weight excluding hydrogens is 352 g/mol. The van der Waals surface area contributed by atoms with Gasteiger partial charge >= 0.3 is 5.97 Å². The van der Waals surface area contributed by atoms with E-state index >= 15 is 0 Å². The molecule has 0 amide bonds. The Bertz CT molecular complexity index is 459. The van der Waals surface area contributed by atoms with Crippen molar-refractivity contribution < 1.29 is 9.53 Å². The average Bonchev–Trinajstić information content (AvgIpc) is 2.47. The molecule has 0 saturated heterocycles. The van der Waals surface area contributed by atoms with Gasteiger partial charge in [-0.25, -0.2) is 4.98 Å². The van der Waals surface area contributed by atoms with E-state index in [2.05, 4.69) is 33.2 Å². The Balaban J connectivity index is 2.60. The first kappa shape index (κ1) is 18.5. The highest BCUT2D eigenvalue weighted by atomic mass is 79.9. The van der Waals surface area contributed by atoms with E-state index in [1.807, 2.05) is 26.0 Å². The maximum atomic E-state index is 12.2. The number of carbonyl (C=O) groups excluding carboxylic acids is 1. The molecule has 0 saturated carbocycles. The van der Waals surface area contributed by atoms with Gasteiger partial charge < -0.3 is 10.1 Å². The van der Waals surface area contributed by atoms with Crippen molar-refractivity contribution >= 4 is 33.7 Å². The number of hydrogen-bond donors (Lipinski definition) is 1. The summed E-state index contributed by atoms with van der Waals surface area (Å²) in [7, 11) is 0. The van der Waals surface area contributed by atoms with E-state index in [-0.39, 0.29) is 5.97 Å². The molecule has 0 fully saturated rings. The summed E-state index contributed by atoms with van der Waals surface area (Å²) in [5.74, 6) is 0.612. The monoisotopic (exact) mass is 374 g/mol. The predicted octanol–water partition coefficient (Wildman–Crippen LogP) is 3.65. The number of nitrogens with zero attached hydrogens (tertiary/aromatic N) is 1. The first-order valence-electron chi connectivity index (χ1n) is 7.19. The smallest absolute Gasteiger partial charge is 0.326 e. The molecule has 0 radical (unpaired) electrons. The van der Waals surface area contributed by atoms with Crippen molar-refractivity contribution in [3.05, 3.63) is 22.8 Å². The fourth-order valence-corrected chi connectivity index (χ4v) is 3.43. The molecule has 4 nitrogen and oxygen atoms in total. The Morgan fingerprint density at radius 2 is 2.29 bits per heavy atom. The molecule has 1 aromatic rings. The molecule has 6 heteroatoms. The topological polar surface area (TPSA) is 51.2 Å². The van der Waals surface area contributed by atoms with E-state index in [0.717, 1.165) is 28.2 Å². The third-order valence-corrected chi connectivity index (χ3v) is 4.97. The molecule has 1 heterocycles. The molecule has 0 aliphatic rings. The number of pyridine rings is 1. The van der Waals surface area contributed by atoms with Crippen molar-refractivity contribution in [3.63, 3.8) is 0 Å². The van der Waals surface area contributed by atoms with Gasteiger partial charge in [-0.15, -0.1) is 11.8 Å². The van der Waals surface area contributed by atoms with Crippen LogP contribution in [-0.2, 0) is 9.53 Å². The lowest BCUT2D eigenvalue weighted by Gasteiger charge is -2.28. The van der Waals surface area contributed by atoms with Crippen LogP contribution in [0.5, 0.6) is 0 Å². The van der Waals surface area contributed by atoms with E-state index in [4.69, 9.17) is 4.74 Å². The summed E-state index contributed by atoms with van der Waals surface area (Å²) in [6.45, 7) is 7.03. The zero-order valence-electron chi connectivity index (χ0n) is 12.8. The largest absolute Gasteiger partial charge is 0.465 e. The lowest BCUT2D eigenvalue weighted by Crippen LogP contribution is -2.51. The van der Waals surface area contributed by atoms with E-state index in [9.17, 15) is 4.79 Å². The van der Waals surface area contributed by atoms with Crippen LogP contribution in [0.2, 0.25) is 0 Å². The Morgan fingerprint density at radius 3 is 2.90 bits per heavy atom. The molecule has 0 aromatic carbocycles. The SMILES string of the molecule is CCCNC(C)(CCSc1ncccc1Br)C(=O)OCC. The van der Waals surface area contributed by atoms with Gasteiger partial charge in [0.15, 0.2) is 0 Å². The van der Waals surface area contributed by atoms with E-state index < -0.39 is 5.54 Å². The van der Waals surface area contributed by atoms with Crippen molar-refractivity contribution in [1.82, 2.24) is 10.3 Å². The second-order valence-electron chi connectivity index (χ2n) is 4.87. The summed E-state index contributed by atoms with van der Waals surface area (Å²) < 4.78 is 6.18. The predicted molar refractivity (Wildman–Crippen MR) is 90.6 cm³/mol. The first-order chi connectivity index (χ1) is 10.0. The lowest BCUT2D eigenvalue weighted by atomic mass is 9.99. The zero-order chi connectivity index (χ0) is 15.7. The maximum Gasteiger partial charge on any atom is 0.326 e. The van der Waals surface area contributed by atoms with Crippen LogP contribution in [0, 0.1) is 0 Å². The van der Waals surface area contributed by atoms with Crippen molar-refractivity contribution in [1.29, 1.82) is 0 Å². The van der Waals surface area contributed by atoms with Gasteiger partial charge in [0.05, 0.1) is 6.61 Å². The third kappa shape index (κ3) is 5.96. The van der Waals surface area contributed by atoms with Gasteiger partial charge in [-0.2, -0.15) is 0 Å². The summed E-state index contributed by atoms with van der Waals surface area (Å²) >= 11 is 5.12. The number of ether oxygens (including phenoxy) is 1. The highest BCUT2D eigenvalue weighted by molar-refractivity contribution is 9.10. The molecule has 118 valence electrons. The van der Waals surface area contributed by atoms with E-state index in [1.54, 1.807) is 18.0 Å². The van der Waals surface area contributed by atoms with Crippen LogP contribution < -0.4 is 5.32 Å². The highest BCUT2D eigenvalue weighted by Crippen LogP contribution is 2.27. The Hall–Kier alpha value is -0.590. The quantitative estimate of drug-likeness (QED) is 0.528. The van der Waals surface area contributed by atoms with E-state index in [1.165, 1.54) is 0 Å². The standard InChI is InChI=1S/C15H23BrN2O2S/c1-4-9-18-15(3,14(19)20-5-2)8-11-21-13-12(16)7-6-10-17-13/h6-7,10,18H,4-5,8-9,11H2,1-3H3. The van der Waals surface area contributed by atoms with Crippen molar-refractivity contribution in [2.24, 2.45) is 0 Å². The molecule has 21 heavy (non-hydrogen) atoms. The minimum Gasteiger partial charge on any atom is -0.465 e. The van der Waals surface area contributed by atoms with Crippen molar-refractivity contribution in [3.8, 4) is 0 Å². The number of rotatable bonds is 9. The van der Waals surface area contributed by atoms with Gasteiger partial charge in [0.1, 0.15) is 10.6 Å². The number of hydrogen-bond acceptors (Lipinski definition) is 5. The molecule has 1 aromatic heterocycles. The molecule has 1 rings (SSSR count). The number of nitrogens with one attached hydrogen (secondary N) is 1. The van der Waals surface area contributed by atoms with Crippen LogP contribution in [-0.4, -0.2) is 35.4 Å². The van der Waals surface area contributed by atoms with Crippen LogP contribution in [0.4, 0.5) is 0 Å². The number of thioether (sulfide) groups is 1. The fourth-order valence-electron chi connectivity index (χ4n) is 1.78. The van der Waals surface area contributed by atoms with Gasteiger partial charge in [-0.3, -0.25) is 4.79 Å². The minimum absolute atomic E-state index is 0.181. The Kier molecular flexibility index (Phi) is 8.29.